The van der Waals surface area contributed by atoms with E-state index in [0.717, 1.165) is 11.1 Å². The predicted molar refractivity (Wildman–Crippen MR) is 78.4 cm³/mol. The molecule has 0 aliphatic rings. The molecule has 2 rings (SSSR count). The van der Waals surface area contributed by atoms with Gasteiger partial charge in [-0.1, -0.05) is 42.5 Å². The first-order chi connectivity index (χ1) is 9.44. The average molecular weight is 292 g/mol. The second-order valence-corrected chi connectivity index (χ2v) is 6.06. The molecule has 1 N–H and O–H groups in total. The lowest BCUT2D eigenvalue weighted by Gasteiger charge is -2.13. The summed E-state index contributed by atoms with van der Waals surface area (Å²) in [5.74, 6) is 0.147. The molecule has 0 radical (unpaired) electrons. The highest BCUT2D eigenvalue weighted by molar-refractivity contribution is 7.85. The van der Waals surface area contributed by atoms with Crippen molar-refractivity contribution in [2.45, 2.75) is 13.0 Å². The van der Waals surface area contributed by atoms with Crippen LogP contribution in [0, 0.1) is 0 Å². The van der Waals surface area contributed by atoms with E-state index < -0.39 is 22.0 Å². The summed E-state index contributed by atoms with van der Waals surface area (Å²) in [6, 6.07) is 17.3. The van der Waals surface area contributed by atoms with Crippen molar-refractivity contribution in [1.29, 1.82) is 0 Å². The number of hydrogen-bond donors (Lipinski definition) is 1. The largest absolute Gasteiger partial charge is 0.490 e. The fraction of sp³-hybridized carbons (Fsp3) is 0.200. The van der Waals surface area contributed by atoms with Crippen molar-refractivity contribution in [3.8, 4) is 16.9 Å². The molecule has 0 amide bonds. The predicted octanol–water partition coefficient (Wildman–Crippen LogP) is 3.01. The van der Waals surface area contributed by atoms with Gasteiger partial charge >= 0.3 is 0 Å². The van der Waals surface area contributed by atoms with E-state index >= 15 is 0 Å². The van der Waals surface area contributed by atoms with E-state index in [2.05, 4.69) is 0 Å². The monoisotopic (exact) mass is 292 g/mol. The minimum absolute atomic E-state index is 0.423. The van der Waals surface area contributed by atoms with Crippen LogP contribution in [0.5, 0.6) is 5.75 Å². The molecule has 0 spiro atoms. The first-order valence-electron chi connectivity index (χ1n) is 6.21. The van der Waals surface area contributed by atoms with Gasteiger partial charge in [0, 0.05) is 0 Å². The van der Waals surface area contributed by atoms with Crippen molar-refractivity contribution in [3.63, 3.8) is 0 Å². The van der Waals surface area contributed by atoms with Crippen LogP contribution in [0.3, 0.4) is 0 Å². The summed E-state index contributed by atoms with van der Waals surface area (Å²) in [5, 5.41) is 0. The Kier molecular flexibility index (Phi) is 4.42. The van der Waals surface area contributed by atoms with Crippen molar-refractivity contribution in [3.05, 3.63) is 54.6 Å². The molecule has 2 aromatic rings. The van der Waals surface area contributed by atoms with Crippen LogP contribution in [0.4, 0.5) is 0 Å². The maximum Gasteiger partial charge on any atom is 0.268 e. The van der Waals surface area contributed by atoms with E-state index in [4.69, 9.17) is 9.29 Å². The molecule has 2 aromatic carbocycles. The Bertz CT molecular complexity index is 648. The third kappa shape index (κ3) is 4.36. The second kappa shape index (κ2) is 6.07. The summed E-state index contributed by atoms with van der Waals surface area (Å²) in [4.78, 5) is 0. The van der Waals surface area contributed by atoms with Crippen LogP contribution in [-0.4, -0.2) is 24.8 Å². The fourth-order valence-electron chi connectivity index (χ4n) is 1.92. The SMILES string of the molecule is CC(CS(=O)(=O)O)Oc1ccc(-c2ccccc2)cc1. The first-order valence-corrected chi connectivity index (χ1v) is 7.82. The Morgan fingerprint density at radius 1 is 1.00 bits per heavy atom. The molecule has 0 heterocycles. The molecule has 0 saturated heterocycles. The summed E-state index contributed by atoms with van der Waals surface area (Å²) >= 11 is 0. The van der Waals surface area contributed by atoms with Gasteiger partial charge < -0.3 is 4.74 Å². The smallest absolute Gasteiger partial charge is 0.268 e. The molecule has 1 atom stereocenters. The molecule has 0 aliphatic carbocycles. The van der Waals surface area contributed by atoms with Crippen LogP contribution in [0.15, 0.2) is 54.6 Å². The fourth-order valence-corrected chi connectivity index (χ4v) is 2.58. The molecule has 0 saturated carbocycles. The van der Waals surface area contributed by atoms with Crippen molar-refractivity contribution >= 4 is 10.1 Å². The van der Waals surface area contributed by atoms with Crippen LogP contribution in [-0.2, 0) is 10.1 Å². The lowest BCUT2D eigenvalue weighted by molar-refractivity contribution is 0.241. The zero-order valence-corrected chi connectivity index (χ0v) is 11.9. The third-order valence-electron chi connectivity index (χ3n) is 2.74. The average Bonchev–Trinajstić information content (AvgIpc) is 2.38. The topological polar surface area (TPSA) is 63.6 Å². The van der Waals surface area contributed by atoms with Gasteiger partial charge in [0.2, 0.25) is 0 Å². The van der Waals surface area contributed by atoms with E-state index in [-0.39, 0.29) is 0 Å². The molecule has 106 valence electrons. The van der Waals surface area contributed by atoms with E-state index in [0.29, 0.717) is 5.75 Å². The number of ether oxygens (including phenoxy) is 1. The standard InChI is InChI=1S/C15H16O4S/c1-12(11-20(16,17)18)19-15-9-7-14(8-10-15)13-5-3-2-4-6-13/h2-10,12H,11H2,1H3,(H,16,17,18). The van der Waals surface area contributed by atoms with Crippen molar-refractivity contribution in [2.24, 2.45) is 0 Å². The Hall–Kier alpha value is -1.85. The van der Waals surface area contributed by atoms with Crippen LogP contribution >= 0.6 is 0 Å². The van der Waals surface area contributed by atoms with Gasteiger partial charge in [0.1, 0.15) is 17.6 Å². The minimum atomic E-state index is -4.02. The molecule has 0 fully saturated rings. The Balaban J connectivity index is 2.06. The summed E-state index contributed by atoms with van der Waals surface area (Å²) in [7, 11) is -4.02. The van der Waals surface area contributed by atoms with Crippen LogP contribution in [0.1, 0.15) is 6.92 Å². The summed E-state index contributed by atoms with van der Waals surface area (Å²) in [5.41, 5.74) is 2.16. The van der Waals surface area contributed by atoms with Gasteiger partial charge in [0.15, 0.2) is 0 Å². The molecular formula is C15H16O4S. The van der Waals surface area contributed by atoms with Gasteiger partial charge in [-0.2, -0.15) is 8.42 Å². The summed E-state index contributed by atoms with van der Waals surface area (Å²) in [6.07, 6.45) is -0.604. The molecule has 0 bridgehead atoms. The highest BCUT2D eigenvalue weighted by atomic mass is 32.2. The Morgan fingerprint density at radius 3 is 2.10 bits per heavy atom. The zero-order chi connectivity index (χ0) is 14.6. The maximum atomic E-state index is 10.7. The van der Waals surface area contributed by atoms with E-state index in [1.807, 2.05) is 42.5 Å². The summed E-state index contributed by atoms with van der Waals surface area (Å²) in [6.45, 7) is 1.60. The Labute approximate surface area is 118 Å². The van der Waals surface area contributed by atoms with Gasteiger partial charge in [-0.15, -0.1) is 0 Å². The lowest BCUT2D eigenvalue weighted by atomic mass is 10.1. The summed E-state index contributed by atoms with van der Waals surface area (Å²) < 4.78 is 35.7. The number of hydrogen-bond acceptors (Lipinski definition) is 3. The van der Waals surface area contributed by atoms with Crippen LogP contribution in [0.25, 0.3) is 11.1 Å². The number of benzene rings is 2. The second-order valence-electron chi connectivity index (χ2n) is 4.57. The quantitative estimate of drug-likeness (QED) is 0.860. The molecule has 0 aromatic heterocycles. The minimum Gasteiger partial charge on any atom is -0.490 e. The maximum absolute atomic E-state index is 10.7. The van der Waals surface area contributed by atoms with Crippen LogP contribution in [0.2, 0.25) is 0 Å². The molecule has 20 heavy (non-hydrogen) atoms. The highest BCUT2D eigenvalue weighted by Crippen LogP contribution is 2.22. The van der Waals surface area contributed by atoms with Gasteiger partial charge in [0.05, 0.1) is 0 Å². The highest BCUT2D eigenvalue weighted by Gasteiger charge is 2.13. The van der Waals surface area contributed by atoms with Crippen molar-refractivity contribution in [1.82, 2.24) is 0 Å². The number of rotatable bonds is 5. The molecule has 5 heteroatoms. The van der Waals surface area contributed by atoms with Gasteiger partial charge in [-0.3, -0.25) is 4.55 Å². The molecular weight excluding hydrogens is 276 g/mol. The molecule has 1 unspecified atom stereocenters. The molecule has 0 aliphatic heterocycles. The van der Waals surface area contributed by atoms with Gasteiger partial charge in [-0.25, -0.2) is 0 Å². The zero-order valence-electron chi connectivity index (χ0n) is 11.1. The van der Waals surface area contributed by atoms with Gasteiger partial charge in [-0.05, 0) is 30.2 Å². The van der Waals surface area contributed by atoms with E-state index in [9.17, 15) is 8.42 Å². The normalized spacial score (nSPS) is 12.9. The molecule has 4 nitrogen and oxygen atoms in total. The van der Waals surface area contributed by atoms with Crippen molar-refractivity contribution in [2.75, 3.05) is 5.75 Å². The van der Waals surface area contributed by atoms with Crippen molar-refractivity contribution < 1.29 is 17.7 Å². The lowest BCUT2D eigenvalue weighted by Crippen LogP contribution is -2.23. The Morgan fingerprint density at radius 2 is 1.55 bits per heavy atom. The van der Waals surface area contributed by atoms with Crippen LogP contribution < -0.4 is 4.74 Å². The first kappa shape index (κ1) is 14.6. The third-order valence-corrected chi connectivity index (χ3v) is 3.63. The van der Waals surface area contributed by atoms with Gasteiger partial charge in [0.25, 0.3) is 10.1 Å². The van der Waals surface area contributed by atoms with E-state index in [1.54, 1.807) is 19.1 Å². The van der Waals surface area contributed by atoms with E-state index in [1.165, 1.54) is 0 Å².